The number of benzene rings is 1. The molecule has 3 rings (SSSR count). The van der Waals surface area contributed by atoms with Gasteiger partial charge in [-0.15, -0.1) is 0 Å². The molecule has 1 heterocycles. The fraction of sp³-hybridized carbons (Fsp3) is 0.500. The van der Waals surface area contributed by atoms with Crippen LogP contribution in [0.1, 0.15) is 50.5 Å². The van der Waals surface area contributed by atoms with E-state index in [2.05, 4.69) is 4.99 Å². The average molecular weight is 334 g/mol. The molecule has 2 aliphatic rings. The molecular weight excluding hydrogens is 314 g/mol. The van der Waals surface area contributed by atoms with Crippen molar-refractivity contribution >= 4 is 29.2 Å². The van der Waals surface area contributed by atoms with Crippen LogP contribution in [0.15, 0.2) is 29.3 Å². The second kappa shape index (κ2) is 6.83. The zero-order valence-corrected chi connectivity index (χ0v) is 13.9. The highest BCUT2D eigenvalue weighted by Crippen LogP contribution is 2.35. The van der Waals surface area contributed by atoms with Crippen molar-refractivity contribution in [1.82, 2.24) is 0 Å². The molecule has 5 heteroatoms. The molecule has 1 aliphatic heterocycles. The standard InChI is InChI=1S/C18H20ClNO3/c1-11-17(18(22)23-14-4-2-3-5-14)15(10-16(21)20-11)12-6-8-13(19)9-7-12/h6-9,14-15,17H,2-5,10H2,1H3. The van der Waals surface area contributed by atoms with Gasteiger partial charge in [0, 0.05) is 23.1 Å². The van der Waals surface area contributed by atoms with Crippen LogP contribution in [0.4, 0.5) is 0 Å². The van der Waals surface area contributed by atoms with Crippen molar-refractivity contribution in [2.45, 2.75) is 51.0 Å². The summed E-state index contributed by atoms with van der Waals surface area (Å²) in [5.74, 6) is -1.17. The molecule has 0 aromatic heterocycles. The maximum atomic E-state index is 12.7. The maximum absolute atomic E-state index is 12.7. The molecule has 2 atom stereocenters. The summed E-state index contributed by atoms with van der Waals surface area (Å²) in [6, 6.07) is 7.30. The average Bonchev–Trinajstić information content (AvgIpc) is 3.00. The fourth-order valence-electron chi connectivity index (χ4n) is 3.51. The van der Waals surface area contributed by atoms with Gasteiger partial charge in [-0.2, -0.15) is 0 Å². The Hall–Kier alpha value is -1.68. The van der Waals surface area contributed by atoms with Gasteiger partial charge in [-0.05, 0) is 50.3 Å². The lowest BCUT2D eigenvalue weighted by atomic mass is 9.79. The van der Waals surface area contributed by atoms with Crippen LogP contribution in [0.5, 0.6) is 0 Å². The van der Waals surface area contributed by atoms with E-state index in [0.717, 1.165) is 31.2 Å². The van der Waals surface area contributed by atoms with Crippen LogP contribution in [-0.2, 0) is 14.3 Å². The van der Waals surface area contributed by atoms with Gasteiger partial charge in [0.2, 0.25) is 5.91 Å². The predicted octanol–water partition coefficient (Wildman–Crippen LogP) is 3.92. The van der Waals surface area contributed by atoms with E-state index in [-0.39, 0.29) is 30.3 Å². The molecule has 1 amide bonds. The Morgan fingerprint density at radius 2 is 1.87 bits per heavy atom. The van der Waals surface area contributed by atoms with E-state index in [1.165, 1.54) is 0 Å². The van der Waals surface area contributed by atoms with Crippen molar-refractivity contribution in [3.05, 3.63) is 34.9 Å². The summed E-state index contributed by atoms with van der Waals surface area (Å²) >= 11 is 5.94. The van der Waals surface area contributed by atoms with E-state index in [4.69, 9.17) is 16.3 Å². The van der Waals surface area contributed by atoms with Crippen LogP contribution in [-0.4, -0.2) is 23.7 Å². The van der Waals surface area contributed by atoms with Gasteiger partial charge in [0.05, 0.1) is 0 Å². The quantitative estimate of drug-likeness (QED) is 0.788. The molecule has 0 saturated heterocycles. The summed E-state index contributed by atoms with van der Waals surface area (Å²) in [5, 5.41) is 0.631. The summed E-state index contributed by atoms with van der Waals surface area (Å²) in [6.07, 6.45) is 4.31. The van der Waals surface area contributed by atoms with Crippen molar-refractivity contribution < 1.29 is 14.3 Å². The van der Waals surface area contributed by atoms with Gasteiger partial charge in [-0.1, -0.05) is 23.7 Å². The van der Waals surface area contributed by atoms with Crippen LogP contribution >= 0.6 is 11.6 Å². The number of carbonyl (C=O) groups excluding carboxylic acids is 2. The van der Waals surface area contributed by atoms with Gasteiger partial charge in [-0.3, -0.25) is 9.59 Å². The number of ether oxygens (including phenoxy) is 1. The minimum absolute atomic E-state index is 0.0128. The second-order valence-corrected chi connectivity index (χ2v) is 6.77. The molecule has 1 saturated carbocycles. The summed E-state index contributed by atoms with van der Waals surface area (Å²) in [7, 11) is 0. The van der Waals surface area contributed by atoms with Gasteiger partial charge >= 0.3 is 5.97 Å². The van der Waals surface area contributed by atoms with Crippen LogP contribution in [0.2, 0.25) is 5.02 Å². The molecule has 122 valence electrons. The SMILES string of the molecule is CC1=NC(=O)CC(c2ccc(Cl)cc2)C1C(=O)OC1CCCC1. The first-order valence-electron chi connectivity index (χ1n) is 8.08. The molecule has 0 N–H and O–H groups in total. The highest BCUT2D eigenvalue weighted by atomic mass is 35.5. The Kier molecular flexibility index (Phi) is 4.81. The minimum atomic E-state index is -0.491. The number of hydrogen-bond acceptors (Lipinski definition) is 3. The topological polar surface area (TPSA) is 55.7 Å². The molecule has 0 spiro atoms. The third kappa shape index (κ3) is 3.63. The lowest BCUT2D eigenvalue weighted by Crippen LogP contribution is -2.36. The summed E-state index contributed by atoms with van der Waals surface area (Å²) in [5.41, 5.74) is 1.47. The summed E-state index contributed by atoms with van der Waals surface area (Å²) in [6.45, 7) is 1.74. The van der Waals surface area contributed by atoms with E-state index < -0.39 is 5.92 Å². The Balaban J connectivity index is 1.85. The largest absolute Gasteiger partial charge is 0.462 e. The second-order valence-electron chi connectivity index (χ2n) is 6.33. The fourth-order valence-corrected chi connectivity index (χ4v) is 3.63. The monoisotopic (exact) mass is 333 g/mol. The van der Waals surface area contributed by atoms with E-state index in [9.17, 15) is 9.59 Å². The molecule has 0 bridgehead atoms. The Morgan fingerprint density at radius 3 is 2.52 bits per heavy atom. The van der Waals surface area contributed by atoms with Crippen molar-refractivity contribution in [3.63, 3.8) is 0 Å². The molecular formula is C18H20ClNO3. The molecule has 1 aromatic carbocycles. The van der Waals surface area contributed by atoms with Crippen LogP contribution < -0.4 is 0 Å². The first kappa shape index (κ1) is 16.2. The smallest absolute Gasteiger partial charge is 0.315 e. The Morgan fingerprint density at radius 1 is 1.22 bits per heavy atom. The van der Waals surface area contributed by atoms with E-state index in [0.29, 0.717) is 10.7 Å². The highest BCUT2D eigenvalue weighted by Gasteiger charge is 2.39. The molecule has 23 heavy (non-hydrogen) atoms. The predicted molar refractivity (Wildman–Crippen MR) is 88.8 cm³/mol. The van der Waals surface area contributed by atoms with Gasteiger partial charge in [0.15, 0.2) is 0 Å². The maximum Gasteiger partial charge on any atom is 0.315 e. The van der Waals surface area contributed by atoms with Crippen LogP contribution in [0.25, 0.3) is 0 Å². The molecule has 2 unspecified atom stereocenters. The zero-order valence-electron chi connectivity index (χ0n) is 13.1. The van der Waals surface area contributed by atoms with Crippen LogP contribution in [0, 0.1) is 5.92 Å². The molecule has 0 radical (unpaired) electrons. The van der Waals surface area contributed by atoms with E-state index in [1.54, 1.807) is 19.1 Å². The van der Waals surface area contributed by atoms with E-state index in [1.807, 2.05) is 12.1 Å². The first-order valence-corrected chi connectivity index (χ1v) is 8.46. The number of esters is 1. The lowest BCUT2D eigenvalue weighted by molar-refractivity contribution is -0.152. The molecule has 1 aromatic rings. The number of aliphatic imine (C=N–C) groups is 1. The Labute approximate surface area is 140 Å². The minimum Gasteiger partial charge on any atom is -0.462 e. The third-order valence-electron chi connectivity index (χ3n) is 4.69. The van der Waals surface area contributed by atoms with Gasteiger partial charge in [-0.25, -0.2) is 4.99 Å². The summed E-state index contributed by atoms with van der Waals surface area (Å²) < 4.78 is 5.67. The number of halogens is 1. The van der Waals surface area contributed by atoms with Gasteiger partial charge in [0.1, 0.15) is 12.0 Å². The van der Waals surface area contributed by atoms with Crippen molar-refractivity contribution in [3.8, 4) is 0 Å². The van der Waals surface area contributed by atoms with Crippen molar-refractivity contribution in [1.29, 1.82) is 0 Å². The lowest BCUT2D eigenvalue weighted by Gasteiger charge is -2.29. The van der Waals surface area contributed by atoms with E-state index >= 15 is 0 Å². The van der Waals surface area contributed by atoms with Gasteiger partial charge in [0.25, 0.3) is 0 Å². The molecule has 4 nitrogen and oxygen atoms in total. The normalized spacial score (nSPS) is 25.3. The van der Waals surface area contributed by atoms with Crippen molar-refractivity contribution in [2.75, 3.05) is 0 Å². The summed E-state index contributed by atoms with van der Waals surface area (Å²) in [4.78, 5) is 28.6. The number of carbonyl (C=O) groups is 2. The molecule has 1 fully saturated rings. The number of amides is 1. The number of rotatable bonds is 3. The first-order chi connectivity index (χ1) is 11.0. The zero-order chi connectivity index (χ0) is 16.4. The highest BCUT2D eigenvalue weighted by molar-refractivity contribution is 6.30. The number of hydrogen-bond donors (Lipinski definition) is 0. The van der Waals surface area contributed by atoms with Crippen molar-refractivity contribution in [2.24, 2.45) is 10.9 Å². The van der Waals surface area contributed by atoms with Gasteiger partial charge < -0.3 is 4.74 Å². The Bertz CT molecular complexity index is 632. The van der Waals surface area contributed by atoms with Crippen LogP contribution in [0.3, 0.4) is 0 Å². The molecule has 1 aliphatic carbocycles. The third-order valence-corrected chi connectivity index (χ3v) is 4.94. The number of nitrogens with zero attached hydrogens (tertiary/aromatic N) is 1.